The average molecular weight is 1630 g/mol. The highest BCUT2D eigenvalue weighted by molar-refractivity contribution is 7.86. The van der Waals surface area contributed by atoms with E-state index >= 15 is 19.2 Å². The maximum atomic E-state index is 16.7. The summed E-state index contributed by atoms with van der Waals surface area (Å²) in [4.78, 5) is 66.5. The molecular weight excluding hydrogens is 1550 g/mol. The zero-order valence-corrected chi connectivity index (χ0v) is 66.6. The molecule has 0 atom stereocenters. The Morgan fingerprint density at radius 2 is 0.465 bits per heavy atom. The van der Waals surface area contributed by atoms with Gasteiger partial charge in [0.2, 0.25) is 0 Å². The number of amides is 4. The lowest BCUT2D eigenvalue weighted by Gasteiger charge is -2.34. The fourth-order valence-electron chi connectivity index (χ4n) is 14.3. The normalized spacial score (nSPS) is 13.4. The second-order valence-corrected chi connectivity index (χ2v) is 33.6. The number of carbonyl (C=O) groups is 4. The van der Waals surface area contributed by atoms with Gasteiger partial charge in [-0.05, 0) is 169 Å². The molecule has 30 heteroatoms. The second kappa shape index (κ2) is 32.5. The molecule has 4 N–H and O–H groups in total. The van der Waals surface area contributed by atoms with Crippen LogP contribution in [-0.2, 0) is 40.5 Å². The first-order chi connectivity index (χ1) is 54.3. The molecule has 2 heterocycles. The predicted molar refractivity (Wildman–Crippen MR) is 426 cm³/mol. The van der Waals surface area contributed by atoms with Crippen molar-refractivity contribution < 1.29 is 109 Å². The highest BCUT2D eigenvalue weighted by Crippen LogP contribution is 2.59. The van der Waals surface area contributed by atoms with Crippen molar-refractivity contribution in [2.24, 2.45) is 23.7 Å². The Kier molecular flexibility index (Phi) is 23.1. The molecule has 0 saturated heterocycles. The molecule has 0 radical (unpaired) electrons. The number of benzene rings is 11. The third-order valence-corrected chi connectivity index (χ3v) is 24.7. The molecule has 0 aromatic heterocycles. The zero-order chi connectivity index (χ0) is 81.6. The first-order valence-electron chi connectivity index (χ1n) is 37.3. The number of imide groups is 2. The molecule has 0 fully saturated rings. The largest absolute Gasteiger partial charge is 0.491 e. The monoisotopic (exact) mass is 1630 g/mol. The molecule has 0 unspecified atom stereocenters. The number of anilines is 2. The van der Waals surface area contributed by atoms with Gasteiger partial charge in [0.05, 0.1) is 68.3 Å². The van der Waals surface area contributed by atoms with Gasteiger partial charge >= 0.3 is 0 Å². The molecule has 0 bridgehead atoms. The van der Waals surface area contributed by atoms with Gasteiger partial charge in [-0.25, -0.2) is 9.80 Å². The fraction of sp³-hybridized carbons (Fsp3) is 0.286. The molecule has 13 rings (SSSR count). The van der Waals surface area contributed by atoms with Crippen LogP contribution in [0.1, 0.15) is 148 Å². The lowest BCUT2D eigenvalue weighted by atomic mass is 9.80. The summed E-state index contributed by atoms with van der Waals surface area (Å²) in [6.07, 6.45) is 5.58. The topological polar surface area (TPSA) is 366 Å². The number of carbonyl (C=O) groups excluding carboxylic acids is 4. The van der Waals surface area contributed by atoms with Crippen molar-refractivity contribution in [3.63, 3.8) is 0 Å². The van der Waals surface area contributed by atoms with Crippen LogP contribution >= 0.6 is 0 Å². The average Bonchev–Trinajstić information content (AvgIpc) is 0.669. The van der Waals surface area contributed by atoms with Gasteiger partial charge in [-0.15, -0.1) is 0 Å². The third kappa shape index (κ3) is 15.8. The highest BCUT2D eigenvalue weighted by Gasteiger charge is 2.45. The maximum absolute atomic E-state index is 16.7. The Labute approximate surface area is 658 Å². The van der Waals surface area contributed by atoms with Gasteiger partial charge in [-0.3, -0.25) is 37.4 Å². The van der Waals surface area contributed by atoms with Crippen molar-refractivity contribution in [2.75, 3.05) is 36.2 Å². The number of ether oxygens (including phenoxy) is 8. The second-order valence-electron chi connectivity index (χ2n) is 28.0. The van der Waals surface area contributed by atoms with E-state index in [9.17, 15) is 51.9 Å². The molecule has 2 aliphatic heterocycles. The molecule has 0 aliphatic carbocycles. The van der Waals surface area contributed by atoms with Crippen LogP contribution in [-0.4, -0.2) is 102 Å². The van der Waals surface area contributed by atoms with Gasteiger partial charge in [-0.1, -0.05) is 119 Å². The number of hydrogen-bond donors (Lipinski definition) is 4. The Bertz CT molecular complexity index is 5360. The summed E-state index contributed by atoms with van der Waals surface area (Å²) in [6.45, 7) is 16.5. The van der Waals surface area contributed by atoms with Gasteiger partial charge in [0.15, 0.2) is 0 Å². The summed E-state index contributed by atoms with van der Waals surface area (Å²) in [5, 5.41) is -0.993. The van der Waals surface area contributed by atoms with Gasteiger partial charge in [0, 0.05) is 43.1 Å². The van der Waals surface area contributed by atoms with Crippen molar-refractivity contribution in [2.45, 2.75) is 126 Å². The molecule has 596 valence electrons. The minimum Gasteiger partial charge on any atom is -0.491 e. The lowest BCUT2D eigenvalue weighted by molar-refractivity contribution is 0.0874. The Morgan fingerprint density at radius 3 is 0.640 bits per heavy atom. The minimum absolute atomic E-state index is 0.00428. The highest BCUT2D eigenvalue weighted by atomic mass is 32.2. The Balaban J connectivity index is 1.23. The maximum Gasteiger partial charge on any atom is 0.294 e. The molecule has 11 aromatic rings. The van der Waals surface area contributed by atoms with Gasteiger partial charge < -0.3 is 37.9 Å². The van der Waals surface area contributed by atoms with Crippen LogP contribution in [0.4, 0.5) is 11.4 Å². The first kappa shape index (κ1) is 81.1. The number of fused-ring (bicyclic) bond motifs is 2. The zero-order valence-electron chi connectivity index (χ0n) is 63.3. The molecule has 26 nitrogen and oxygen atoms in total. The van der Waals surface area contributed by atoms with E-state index in [1.807, 2.05) is 55.4 Å². The van der Waals surface area contributed by atoms with Crippen LogP contribution in [0, 0.1) is 23.7 Å². The van der Waals surface area contributed by atoms with Crippen LogP contribution < -0.4 is 47.7 Å². The number of hydrogen-bond acceptors (Lipinski definition) is 20. The molecule has 114 heavy (non-hydrogen) atoms. The lowest BCUT2D eigenvalue weighted by Crippen LogP contribution is -2.41. The van der Waals surface area contributed by atoms with E-state index in [4.69, 9.17) is 37.9 Å². The van der Waals surface area contributed by atoms with E-state index in [0.717, 1.165) is 58.3 Å². The van der Waals surface area contributed by atoms with Crippen LogP contribution in [0.5, 0.6) is 69.0 Å². The molecule has 11 aromatic carbocycles. The van der Waals surface area contributed by atoms with Crippen LogP contribution in [0.15, 0.2) is 177 Å². The Morgan fingerprint density at radius 1 is 0.272 bits per heavy atom. The van der Waals surface area contributed by atoms with Gasteiger partial charge in [-0.2, -0.15) is 33.7 Å². The number of rotatable bonds is 34. The molecule has 2 aliphatic rings. The number of nitrogens with zero attached hydrogens (tertiary/aromatic N) is 2. The van der Waals surface area contributed by atoms with Crippen molar-refractivity contribution >= 4 is 119 Å². The smallest absolute Gasteiger partial charge is 0.294 e. The standard InChI is InChI=1S/C84H82N2O24S4/c1-9-47(10-2)43-103-63-19-17-20-64(104-44-48(11-3)12-4)79(63)85-81(87)59-39-67(107-51-23-31-55(32-24-51)111(91,92)93)73-75-69(109-53-27-35-57(36-28-53)113(97,98)99)41-61-72-62(84(90)86(83(61)89)80-65(105-45-49(13-5)14-6)21-18-22-66(80)106-46-50(15-7)16-8)42-70(110-54-29-37-58(38-30-54)114(100,101)102)76(78(72)75)74-68(40-60(82(85)88)71(59)77(73)74)108-52-25-33-56(34-26-52)112(94,95)96/h17-42,47-50H,9-16,43-46H2,1-8H3,(H,91,92,93)(H,94,95,96)(H,97,98,99)(H,100,101,102). The third-order valence-electron chi connectivity index (χ3n) is 21.2. The van der Waals surface area contributed by atoms with E-state index in [0.29, 0.717) is 51.4 Å². The van der Waals surface area contributed by atoms with Crippen molar-refractivity contribution in [1.82, 2.24) is 0 Å². The molecule has 0 saturated carbocycles. The van der Waals surface area contributed by atoms with E-state index < -0.39 is 83.7 Å². The Hall–Kier alpha value is -11.0. The van der Waals surface area contributed by atoms with Crippen LogP contribution in [0.25, 0.3) is 43.1 Å². The summed E-state index contributed by atoms with van der Waals surface area (Å²) >= 11 is 0. The summed E-state index contributed by atoms with van der Waals surface area (Å²) in [5.41, 5.74) is -1.28. The summed E-state index contributed by atoms with van der Waals surface area (Å²) in [6, 6.07) is 32.8. The van der Waals surface area contributed by atoms with Crippen LogP contribution in [0.3, 0.4) is 0 Å². The molecular formula is C84H82N2O24S4. The van der Waals surface area contributed by atoms with E-state index in [2.05, 4.69) is 0 Å². The molecule has 0 spiro atoms. The number of para-hydroxylation sites is 2. The van der Waals surface area contributed by atoms with E-state index in [-0.39, 0.29) is 196 Å². The van der Waals surface area contributed by atoms with Crippen molar-refractivity contribution in [3.8, 4) is 69.0 Å². The summed E-state index contributed by atoms with van der Waals surface area (Å²) < 4.78 is 198. The van der Waals surface area contributed by atoms with Gasteiger partial charge in [0.25, 0.3) is 64.1 Å². The van der Waals surface area contributed by atoms with Crippen molar-refractivity contribution in [1.29, 1.82) is 0 Å². The van der Waals surface area contributed by atoms with Crippen molar-refractivity contribution in [3.05, 3.63) is 180 Å². The fourth-order valence-corrected chi connectivity index (χ4v) is 16.2. The SMILES string of the molecule is CCC(CC)COc1cccc(OCC(CC)CC)c1N1C(=O)c2cc(Oc3ccc(S(=O)(=O)O)cc3)c3c4c(Oc5ccc(S(=O)(=O)O)cc5)cc5c6c(cc(Oc7ccc(S(=O)(=O)O)cc7)c(c7c(Oc8ccc(S(=O)(=O)O)cc8)cc(c2c37)C1=O)c64)C(=O)N(c1c(OCC(CC)CC)cccc1OCC(CC)CC)C5=O. The van der Waals surface area contributed by atoms with E-state index in [1.165, 1.54) is 72.8 Å². The minimum atomic E-state index is -4.86. The predicted octanol–water partition coefficient (Wildman–Crippen LogP) is 18.8. The molecule has 4 amide bonds. The van der Waals surface area contributed by atoms with Crippen LogP contribution in [0.2, 0.25) is 0 Å². The summed E-state index contributed by atoms with van der Waals surface area (Å²) in [7, 11) is -19.4. The first-order valence-corrected chi connectivity index (χ1v) is 43.0. The quantitative estimate of drug-likeness (QED) is 0.0126. The summed E-state index contributed by atoms with van der Waals surface area (Å²) in [5.74, 6) is -5.58. The van der Waals surface area contributed by atoms with E-state index in [1.54, 1.807) is 36.4 Å². The van der Waals surface area contributed by atoms with Gasteiger partial charge in [0.1, 0.15) is 80.4 Å².